The highest BCUT2D eigenvalue weighted by Gasteiger charge is 2.16. The number of para-hydroxylation sites is 1. The van der Waals surface area contributed by atoms with E-state index in [-0.39, 0.29) is 6.61 Å². The van der Waals surface area contributed by atoms with Crippen molar-refractivity contribution < 1.29 is 15.0 Å². The van der Waals surface area contributed by atoms with Crippen molar-refractivity contribution >= 4 is 11.7 Å². The Hall–Kier alpha value is -1.55. The number of benzene rings is 1. The molecule has 0 amide bonds. The molecule has 0 aliphatic rings. The molecule has 0 radical (unpaired) electrons. The molecule has 0 fully saturated rings. The van der Waals surface area contributed by atoms with Crippen LogP contribution in [0.3, 0.4) is 0 Å². The van der Waals surface area contributed by atoms with Crippen molar-refractivity contribution in [2.45, 2.75) is 31.7 Å². The molecule has 0 heterocycles. The Labute approximate surface area is 101 Å². The summed E-state index contributed by atoms with van der Waals surface area (Å²) in [5.41, 5.74) is 0.821. The number of hydrogen-bond acceptors (Lipinski definition) is 3. The van der Waals surface area contributed by atoms with Crippen LogP contribution in [0.25, 0.3) is 0 Å². The van der Waals surface area contributed by atoms with E-state index in [1.807, 2.05) is 30.3 Å². The van der Waals surface area contributed by atoms with Gasteiger partial charge < -0.3 is 15.5 Å². The quantitative estimate of drug-likeness (QED) is 0.606. The van der Waals surface area contributed by atoms with Crippen LogP contribution in [-0.2, 0) is 4.79 Å². The van der Waals surface area contributed by atoms with Gasteiger partial charge in [-0.15, -0.1) is 0 Å². The highest BCUT2D eigenvalue weighted by molar-refractivity contribution is 5.77. The number of rotatable bonds is 8. The predicted octanol–water partition coefficient (Wildman–Crippen LogP) is 2.10. The summed E-state index contributed by atoms with van der Waals surface area (Å²) in [6.07, 6.45) is 2.97. The summed E-state index contributed by atoms with van der Waals surface area (Å²) >= 11 is 0. The van der Waals surface area contributed by atoms with E-state index in [0.29, 0.717) is 6.42 Å². The van der Waals surface area contributed by atoms with Crippen LogP contribution in [0.2, 0.25) is 0 Å². The topological polar surface area (TPSA) is 69.6 Å². The van der Waals surface area contributed by atoms with Gasteiger partial charge in [-0.3, -0.25) is 0 Å². The second-order valence-electron chi connectivity index (χ2n) is 3.97. The third-order valence-corrected chi connectivity index (χ3v) is 2.56. The number of aliphatic carboxylic acids is 1. The van der Waals surface area contributed by atoms with Gasteiger partial charge in [0.2, 0.25) is 0 Å². The van der Waals surface area contributed by atoms with Gasteiger partial charge in [-0.05, 0) is 25.0 Å². The minimum Gasteiger partial charge on any atom is -0.480 e. The summed E-state index contributed by atoms with van der Waals surface area (Å²) in [6.45, 7) is 0.170. The number of nitrogens with one attached hydrogen (secondary N) is 1. The zero-order valence-electron chi connectivity index (χ0n) is 9.80. The monoisotopic (exact) mass is 237 g/mol. The number of unbranched alkanes of at least 4 members (excludes halogenated alkanes) is 2. The molecular formula is C13H19NO3. The van der Waals surface area contributed by atoms with Gasteiger partial charge in [0.15, 0.2) is 0 Å². The van der Waals surface area contributed by atoms with Crippen LogP contribution >= 0.6 is 0 Å². The number of aliphatic hydroxyl groups is 1. The van der Waals surface area contributed by atoms with Crippen molar-refractivity contribution in [1.82, 2.24) is 0 Å². The zero-order chi connectivity index (χ0) is 12.5. The lowest BCUT2D eigenvalue weighted by atomic mass is 10.1. The Balaban J connectivity index is 2.41. The van der Waals surface area contributed by atoms with Crippen LogP contribution < -0.4 is 5.32 Å². The molecule has 0 aliphatic carbocycles. The minimum atomic E-state index is -0.835. The molecule has 4 heteroatoms. The van der Waals surface area contributed by atoms with Crippen LogP contribution in [-0.4, -0.2) is 28.8 Å². The molecular weight excluding hydrogens is 218 g/mol. The van der Waals surface area contributed by atoms with Gasteiger partial charge in [-0.1, -0.05) is 31.0 Å². The van der Waals surface area contributed by atoms with Gasteiger partial charge in [0, 0.05) is 12.3 Å². The van der Waals surface area contributed by atoms with Crippen molar-refractivity contribution in [3.63, 3.8) is 0 Å². The smallest absolute Gasteiger partial charge is 0.326 e. The number of hydrogen-bond donors (Lipinski definition) is 3. The molecule has 1 atom stereocenters. The molecule has 1 aromatic carbocycles. The van der Waals surface area contributed by atoms with Gasteiger partial charge in [0.05, 0.1) is 0 Å². The van der Waals surface area contributed by atoms with E-state index in [0.717, 1.165) is 24.9 Å². The van der Waals surface area contributed by atoms with Crippen molar-refractivity contribution in [2.75, 3.05) is 11.9 Å². The first-order valence-electron chi connectivity index (χ1n) is 5.89. The maximum absolute atomic E-state index is 11.1. The molecule has 0 aromatic heterocycles. The number of carboxylic acids is 1. The van der Waals surface area contributed by atoms with Crippen molar-refractivity contribution in [2.24, 2.45) is 0 Å². The summed E-state index contributed by atoms with van der Waals surface area (Å²) in [7, 11) is 0. The third kappa shape index (κ3) is 5.36. The second kappa shape index (κ2) is 7.68. The van der Waals surface area contributed by atoms with Crippen LogP contribution in [0.1, 0.15) is 25.7 Å². The molecule has 0 spiro atoms. The summed E-state index contributed by atoms with van der Waals surface area (Å²) in [5.74, 6) is -0.835. The molecule has 94 valence electrons. The van der Waals surface area contributed by atoms with E-state index >= 15 is 0 Å². The molecule has 0 unspecified atom stereocenters. The predicted molar refractivity (Wildman–Crippen MR) is 67.0 cm³/mol. The number of carboxylic acid groups (broad SMARTS) is 1. The molecule has 3 N–H and O–H groups in total. The standard InChI is InChI=1S/C13H19NO3/c15-10-6-2-5-9-12(13(16)17)14-11-7-3-1-4-8-11/h1,3-4,7-8,12,14-15H,2,5-6,9-10H2,(H,16,17)/t12-/m0/s1. The first-order valence-corrected chi connectivity index (χ1v) is 5.89. The first kappa shape index (κ1) is 13.5. The fraction of sp³-hybridized carbons (Fsp3) is 0.462. The van der Waals surface area contributed by atoms with E-state index in [4.69, 9.17) is 10.2 Å². The minimum absolute atomic E-state index is 0.170. The van der Waals surface area contributed by atoms with E-state index < -0.39 is 12.0 Å². The lowest BCUT2D eigenvalue weighted by Gasteiger charge is -2.15. The van der Waals surface area contributed by atoms with Crippen LogP contribution in [0, 0.1) is 0 Å². The van der Waals surface area contributed by atoms with Crippen molar-refractivity contribution in [1.29, 1.82) is 0 Å². The Bertz CT molecular complexity index is 327. The Morgan fingerprint density at radius 1 is 1.18 bits per heavy atom. The molecule has 0 saturated heterocycles. The molecule has 0 aliphatic heterocycles. The van der Waals surface area contributed by atoms with E-state index in [1.165, 1.54) is 0 Å². The molecule has 1 aromatic rings. The maximum Gasteiger partial charge on any atom is 0.326 e. The summed E-state index contributed by atoms with van der Waals surface area (Å²) in [5, 5.41) is 20.7. The highest BCUT2D eigenvalue weighted by Crippen LogP contribution is 2.12. The van der Waals surface area contributed by atoms with E-state index in [2.05, 4.69) is 5.32 Å². The average Bonchev–Trinajstić information content (AvgIpc) is 2.34. The van der Waals surface area contributed by atoms with Gasteiger partial charge in [0.1, 0.15) is 6.04 Å². The van der Waals surface area contributed by atoms with Gasteiger partial charge in [0.25, 0.3) is 0 Å². The summed E-state index contributed by atoms with van der Waals surface area (Å²) in [4.78, 5) is 11.1. The van der Waals surface area contributed by atoms with Crippen molar-refractivity contribution in [3.05, 3.63) is 30.3 Å². The lowest BCUT2D eigenvalue weighted by molar-refractivity contribution is -0.138. The molecule has 17 heavy (non-hydrogen) atoms. The maximum atomic E-state index is 11.1. The van der Waals surface area contributed by atoms with Gasteiger partial charge in [-0.25, -0.2) is 4.79 Å². The Morgan fingerprint density at radius 3 is 2.47 bits per heavy atom. The Morgan fingerprint density at radius 2 is 1.88 bits per heavy atom. The van der Waals surface area contributed by atoms with Gasteiger partial charge in [-0.2, -0.15) is 0 Å². The fourth-order valence-electron chi connectivity index (χ4n) is 1.63. The van der Waals surface area contributed by atoms with Crippen LogP contribution in [0.15, 0.2) is 30.3 Å². The SMILES string of the molecule is O=C(O)[C@H](CCCCCO)Nc1ccccc1. The number of aliphatic hydroxyl groups excluding tert-OH is 1. The second-order valence-corrected chi connectivity index (χ2v) is 3.97. The van der Waals surface area contributed by atoms with Crippen molar-refractivity contribution in [3.8, 4) is 0 Å². The normalized spacial score (nSPS) is 12.1. The molecule has 0 saturated carbocycles. The average molecular weight is 237 g/mol. The molecule has 0 bridgehead atoms. The first-order chi connectivity index (χ1) is 8.24. The largest absolute Gasteiger partial charge is 0.480 e. The third-order valence-electron chi connectivity index (χ3n) is 2.56. The fourth-order valence-corrected chi connectivity index (χ4v) is 1.63. The number of carbonyl (C=O) groups is 1. The summed E-state index contributed by atoms with van der Waals surface area (Å²) in [6, 6.07) is 8.77. The van der Waals surface area contributed by atoms with Crippen LogP contribution in [0.4, 0.5) is 5.69 Å². The molecule has 1 rings (SSSR count). The van der Waals surface area contributed by atoms with E-state index in [9.17, 15) is 4.79 Å². The zero-order valence-corrected chi connectivity index (χ0v) is 9.80. The Kier molecular flexibility index (Phi) is 6.10. The highest BCUT2D eigenvalue weighted by atomic mass is 16.4. The van der Waals surface area contributed by atoms with Crippen LogP contribution in [0.5, 0.6) is 0 Å². The molecule has 4 nitrogen and oxygen atoms in total. The van der Waals surface area contributed by atoms with E-state index in [1.54, 1.807) is 0 Å². The number of anilines is 1. The lowest BCUT2D eigenvalue weighted by Crippen LogP contribution is -2.29. The summed E-state index contributed by atoms with van der Waals surface area (Å²) < 4.78 is 0. The van der Waals surface area contributed by atoms with Gasteiger partial charge >= 0.3 is 5.97 Å².